The molecule has 2 atom stereocenters. The molecule has 6 nitrogen and oxygen atoms in total. The molecule has 1 aliphatic rings. The third-order valence-corrected chi connectivity index (χ3v) is 6.55. The van der Waals surface area contributed by atoms with Gasteiger partial charge in [-0.15, -0.1) is 0 Å². The molecule has 1 aromatic heterocycles. The molecule has 1 fully saturated rings. The number of carbonyl (C=O) groups excluding carboxylic acids is 2. The van der Waals surface area contributed by atoms with Crippen LogP contribution in [0.4, 0.5) is 0 Å². The van der Waals surface area contributed by atoms with Gasteiger partial charge in [-0.25, -0.2) is 9.78 Å². The number of imidazole rings is 1. The van der Waals surface area contributed by atoms with Crippen LogP contribution >= 0.6 is 0 Å². The largest absolute Gasteiger partial charge is 0.346 e. The van der Waals surface area contributed by atoms with Crippen molar-refractivity contribution in [1.29, 1.82) is 0 Å². The number of piperazine rings is 1. The van der Waals surface area contributed by atoms with Crippen LogP contribution in [0.5, 0.6) is 0 Å². The summed E-state index contributed by atoms with van der Waals surface area (Å²) in [5.41, 5.74) is 1.80. The monoisotopic (exact) mass is 439 g/mol. The number of rotatable bonds is 4. The predicted molar refractivity (Wildman–Crippen MR) is 128 cm³/mol. The Morgan fingerprint density at radius 1 is 1.03 bits per heavy atom. The molecule has 4 aromatic rings. The summed E-state index contributed by atoms with van der Waals surface area (Å²) in [6.07, 6.45) is 3.95. The summed E-state index contributed by atoms with van der Waals surface area (Å²) in [5.74, 6) is 0.669. The maximum Gasteiger partial charge on any atom is 0.346 e. The third-order valence-electron chi connectivity index (χ3n) is 6.55. The second-order valence-corrected chi connectivity index (χ2v) is 8.85. The lowest BCUT2D eigenvalue weighted by atomic mass is 10.0. The molecule has 1 saturated heterocycles. The Hall–Kier alpha value is -3.61. The summed E-state index contributed by atoms with van der Waals surface area (Å²) in [6, 6.07) is 23.3. The molecule has 0 aliphatic carbocycles. The van der Waals surface area contributed by atoms with Crippen molar-refractivity contribution in [2.75, 3.05) is 26.7 Å². The maximum absolute atomic E-state index is 13.7. The van der Waals surface area contributed by atoms with Gasteiger partial charge in [0.15, 0.2) is 0 Å². The Morgan fingerprint density at radius 2 is 1.79 bits per heavy atom. The van der Waals surface area contributed by atoms with Crippen LogP contribution in [0.3, 0.4) is 0 Å². The summed E-state index contributed by atoms with van der Waals surface area (Å²) >= 11 is 0. The van der Waals surface area contributed by atoms with Gasteiger partial charge in [0, 0.05) is 25.4 Å². The summed E-state index contributed by atoms with van der Waals surface area (Å²) in [6.45, 7) is 1.61. The molecular formula is C27H27N4O2+. The molecule has 0 spiro atoms. The van der Waals surface area contributed by atoms with Crippen LogP contribution in [0.25, 0.3) is 10.8 Å². The topological polar surface area (TPSA) is 64.0 Å². The van der Waals surface area contributed by atoms with E-state index in [4.69, 9.17) is 0 Å². The molecule has 0 radical (unpaired) electrons. The summed E-state index contributed by atoms with van der Waals surface area (Å²) in [7, 11) is 1.93. The van der Waals surface area contributed by atoms with Crippen LogP contribution < -0.4 is 5.32 Å². The number of amides is 1. The van der Waals surface area contributed by atoms with Gasteiger partial charge in [-0.05, 0) is 22.4 Å². The van der Waals surface area contributed by atoms with E-state index in [-0.39, 0.29) is 16.3 Å². The SMILES string of the molecule is C[N+]1(C(=O)c2cccc3ccccc23)CCN[C@H](C(=O)n2ccnc2Cc2ccccc2)C1. The van der Waals surface area contributed by atoms with Crippen molar-refractivity contribution < 1.29 is 14.1 Å². The van der Waals surface area contributed by atoms with Gasteiger partial charge in [-0.3, -0.25) is 19.2 Å². The molecule has 1 unspecified atom stereocenters. The van der Waals surface area contributed by atoms with Crippen molar-refractivity contribution in [2.45, 2.75) is 12.5 Å². The van der Waals surface area contributed by atoms with E-state index in [0.717, 1.165) is 16.3 Å². The number of fused-ring (bicyclic) bond motifs is 1. The number of benzene rings is 3. The highest BCUT2D eigenvalue weighted by Crippen LogP contribution is 2.24. The van der Waals surface area contributed by atoms with Crippen molar-refractivity contribution in [3.8, 4) is 0 Å². The van der Waals surface area contributed by atoms with Gasteiger partial charge < -0.3 is 0 Å². The Morgan fingerprint density at radius 3 is 2.64 bits per heavy atom. The summed E-state index contributed by atoms with van der Waals surface area (Å²) in [5, 5.41) is 5.32. The summed E-state index contributed by atoms with van der Waals surface area (Å²) < 4.78 is 1.81. The number of nitrogens with zero attached hydrogens (tertiary/aromatic N) is 3. The van der Waals surface area contributed by atoms with E-state index < -0.39 is 6.04 Å². The quantitative estimate of drug-likeness (QED) is 0.494. The Labute approximate surface area is 193 Å². The Bertz CT molecular complexity index is 1310. The first-order valence-corrected chi connectivity index (χ1v) is 11.3. The van der Waals surface area contributed by atoms with E-state index in [1.807, 2.05) is 79.8 Å². The average molecular weight is 440 g/mol. The van der Waals surface area contributed by atoms with Crippen molar-refractivity contribution in [3.63, 3.8) is 0 Å². The van der Waals surface area contributed by atoms with E-state index in [9.17, 15) is 9.59 Å². The third kappa shape index (κ3) is 4.11. The first-order valence-electron chi connectivity index (χ1n) is 11.3. The second-order valence-electron chi connectivity index (χ2n) is 8.85. The lowest BCUT2D eigenvalue weighted by molar-refractivity contribution is -0.832. The predicted octanol–water partition coefficient (Wildman–Crippen LogP) is 3.53. The van der Waals surface area contributed by atoms with Crippen molar-refractivity contribution >= 4 is 22.6 Å². The van der Waals surface area contributed by atoms with Crippen molar-refractivity contribution in [1.82, 2.24) is 14.9 Å². The van der Waals surface area contributed by atoms with Crippen LogP contribution in [0.15, 0.2) is 85.2 Å². The number of quaternary nitrogens is 1. The molecule has 6 heteroatoms. The van der Waals surface area contributed by atoms with Crippen molar-refractivity contribution in [3.05, 3.63) is 102 Å². The highest BCUT2D eigenvalue weighted by molar-refractivity contribution is 6.04. The van der Waals surface area contributed by atoms with Crippen LogP contribution in [0.2, 0.25) is 0 Å². The fraction of sp³-hybridized carbons (Fsp3) is 0.222. The van der Waals surface area contributed by atoms with E-state index in [1.54, 1.807) is 17.0 Å². The van der Waals surface area contributed by atoms with E-state index in [0.29, 0.717) is 37.4 Å². The molecular weight excluding hydrogens is 412 g/mol. The molecule has 0 bridgehead atoms. The standard InChI is InChI=1S/C27H27N4O2/c1-31(27(33)23-13-7-11-21-10-5-6-12-22(21)23)17-15-28-24(19-31)26(32)30-16-14-29-25(30)18-20-8-3-2-4-9-20/h2-14,16,24,28H,15,17-19H2,1H3/q+1/t24-,31?/m0/s1. The molecule has 1 amide bonds. The van der Waals surface area contributed by atoms with Gasteiger partial charge in [-0.2, -0.15) is 0 Å². The zero-order valence-electron chi connectivity index (χ0n) is 18.6. The number of hydrogen-bond acceptors (Lipinski definition) is 4. The number of nitrogens with one attached hydrogen (secondary N) is 1. The fourth-order valence-corrected chi connectivity index (χ4v) is 4.71. The van der Waals surface area contributed by atoms with Crippen molar-refractivity contribution in [2.24, 2.45) is 0 Å². The average Bonchev–Trinajstić information content (AvgIpc) is 3.31. The molecule has 2 heterocycles. The van der Waals surface area contributed by atoms with Crippen LogP contribution in [0, 0.1) is 0 Å². The normalized spacial score (nSPS) is 20.6. The second kappa shape index (κ2) is 8.73. The number of carbonyl (C=O) groups is 2. The minimum absolute atomic E-state index is 0.0428. The van der Waals surface area contributed by atoms with Crippen LogP contribution in [-0.2, 0) is 6.42 Å². The van der Waals surface area contributed by atoms with E-state index in [2.05, 4.69) is 10.3 Å². The maximum atomic E-state index is 13.7. The molecule has 5 rings (SSSR count). The molecule has 1 N–H and O–H groups in total. The zero-order chi connectivity index (χ0) is 22.8. The first-order chi connectivity index (χ1) is 16.0. The molecule has 0 saturated carbocycles. The molecule has 166 valence electrons. The Balaban J connectivity index is 1.39. The van der Waals surface area contributed by atoms with Crippen LogP contribution in [0.1, 0.15) is 26.5 Å². The summed E-state index contributed by atoms with van der Waals surface area (Å²) in [4.78, 5) is 31.6. The highest BCUT2D eigenvalue weighted by Gasteiger charge is 2.42. The Kier molecular flexibility index (Phi) is 5.62. The van der Waals surface area contributed by atoms with E-state index in [1.165, 1.54) is 0 Å². The number of aromatic nitrogens is 2. The lowest BCUT2D eigenvalue weighted by Crippen LogP contribution is -2.65. The zero-order valence-corrected chi connectivity index (χ0v) is 18.6. The minimum atomic E-state index is -0.466. The van der Waals surface area contributed by atoms with Gasteiger partial charge in [0.05, 0.1) is 19.2 Å². The fourth-order valence-electron chi connectivity index (χ4n) is 4.71. The minimum Gasteiger partial charge on any atom is -0.296 e. The molecule has 1 aliphatic heterocycles. The highest BCUT2D eigenvalue weighted by atomic mass is 16.2. The number of likely N-dealkylation sites (N-methyl/N-ethyl adjacent to an activating group) is 1. The van der Waals surface area contributed by atoms with E-state index >= 15 is 0 Å². The first kappa shape index (κ1) is 21.2. The van der Waals surface area contributed by atoms with Gasteiger partial charge in [0.1, 0.15) is 18.4 Å². The number of hydrogen-bond donors (Lipinski definition) is 1. The van der Waals surface area contributed by atoms with Gasteiger partial charge in [0.25, 0.3) is 5.91 Å². The smallest absolute Gasteiger partial charge is 0.296 e. The lowest BCUT2D eigenvalue weighted by Gasteiger charge is -2.39. The molecule has 3 aromatic carbocycles. The van der Waals surface area contributed by atoms with Crippen LogP contribution in [-0.4, -0.2) is 58.6 Å². The van der Waals surface area contributed by atoms with Gasteiger partial charge in [-0.1, -0.05) is 66.7 Å². The van der Waals surface area contributed by atoms with Gasteiger partial charge in [0.2, 0.25) is 0 Å². The molecule has 33 heavy (non-hydrogen) atoms. The van der Waals surface area contributed by atoms with Gasteiger partial charge >= 0.3 is 5.91 Å².